The van der Waals surface area contributed by atoms with Crippen molar-refractivity contribution >= 4 is 5.82 Å². The minimum absolute atomic E-state index is 0.204. The lowest BCUT2D eigenvalue weighted by Crippen LogP contribution is -2.22. The maximum Gasteiger partial charge on any atom is 0.127 e. The van der Waals surface area contributed by atoms with Gasteiger partial charge in [-0.2, -0.15) is 5.10 Å². The van der Waals surface area contributed by atoms with Gasteiger partial charge < -0.3 is 10.0 Å². The highest BCUT2D eigenvalue weighted by atomic mass is 19.1. The standard InChI is InChI=1S/C14H16FN3O/c15-12-4-2-11(3-5-12)13-10-14-17(6-1-9-19)7-8-18(14)16-13/h2-5,10,19H,1,6-9H2. The number of aliphatic hydroxyl groups is 1. The highest BCUT2D eigenvalue weighted by molar-refractivity contribution is 5.64. The fourth-order valence-electron chi connectivity index (χ4n) is 2.41. The Kier molecular flexibility index (Phi) is 3.21. The maximum absolute atomic E-state index is 12.9. The predicted molar refractivity (Wildman–Crippen MR) is 71.5 cm³/mol. The summed E-state index contributed by atoms with van der Waals surface area (Å²) in [5.74, 6) is 0.841. The van der Waals surface area contributed by atoms with E-state index < -0.39 is 0 Å². The smallest absolute Gasteiger partial charge is 0.127 e. The van der Waals surface area contributed by atoms with E-state index in [0.717, 1.165) is 43.1 Å². The maximum atomic E-state index is 12.9. The molecule has 0 fully saturated rings. The van der Waals surface area contributed by atoms with E-state index in [4.69, 9.17) is 5.11 Å². The monoisotopic (exact) mass is 261 g/mol. The van der Waals surface area contributed by atoms with Crippen LogP contribution in [-0.4, -0.2) is 34.6 Å². The summed E-state index contributed by atoms with van der Waals surface area (Å²) in [7, 11) is 0. The highest BCUT2D eigenvalue weighted by Gasteiger charge is 2.21. The van der Waals surface area contributed by atoms with E-state index in [2.05, 4.69) is 10.00 Å². The molecule has 0 saturated carbocycles. The molecular weight excluding hydrogens is 245 g/mol. The van der Waals surface area contributed by atoms with Crippen molar-refractivity contribution in [3.63, 3.8) is 0 Å². The Morgan fingerprint density at radius 3 is 2.74 bits per heavy atom. The lowest BCUT2D eigenvalue weighted by Gasteiger charge is -2.15. The van der Waals surface area contributed by atoms with Gasteiger partial charge in [0, 0.05) is 31.3 Å². The van der Waals surface area contributed by atoms with Crippen LogP contribution in [0.3, 0.4) is 0 Å². The van der Waals surface area contributed by atoms with Crippen LogP contribution in [0.2, 0.25) is 0 Å². The number of hydrogen-bond acceptors (Lipinski definition) is 3. The molecule has 3 rings (SSSR count). The summed E-state index contributed by atoms with van der Waals surface area (Å²) in [6.45, 7) is 2.84. The molecule has 4 nitrogen and oxygen atoms in total. The zero-order chi connectivity index (χ0) is 13.2. The van der Waals surface area contributed by atoms with Gasteiger partial charge in [-0.1, -0.05) is 0 Å². The first-order chi connectivity index (χ1) is 9.28. The Hall–Kier alpha value is -1.88. The summed E-state index contributed by atoms with van der Waals surface area (Å²) in [6.07, 6.45) is 0.761. The fourth-order valence-corrected chi connectivity index (χ4v) is 2.41. The first kappa shape index (κ1) is 12.2. The quantitative estimate of drug-likeness (QED) is 0.913. The number of hydrogen-bond donors (Lipinski definition) is 1. The number of nitrogens with zero attached hydrogens (tertiary/aromatic N) is 3. The highest BCUT2D eigenvalue weighted by Crippen LogP contribution is 2.28. The summed E-state index contributed by atoms with van der Waals surface area (Å²) in [4.78, 5) is 2.22. The van der Waals surface area contributed by atoms with Crippen molar-refractivity contribution in [2.45, 2.75) is 13.0 Å². The number of aliphatic hydroxyl groups excluding tert-OH is 1. The summed E-state index contributed by atoms with van der Waals surface area (Å²) >= 11 is 0. The molecule has 1 aliphatic rings. The van der Waals surface area contributed by atoms with Crippen LogP contribution in [0.1, 0.15) is 6.42 Å². The van der Waals surface area contributed by atoms with Gasteiger partial charge in [-0.25, -0.2) is 9.07 Å². The van der Waals surface area contributed by atoms with E-state index in [0.29, 0.717) is 0 Å². The lowest BCUT2D eigenvalue weighted by atomic mass is 10.1. The predicted octanol–water partition coefficient (Wildman–Crippen LogP) is 1.89. The van der Waals surface area contributed by atoms with Crippen LogP contribution in [0.4, 0.5) is 10.2 Å². The molecule has 19 heavy (non-hydrogen) atoms. The minimum atomic E-state index is -0.236. The molecular formula is C14H16FN3O. The molecule has 0 unspecified atom stereocenters. The number of rotatable bonds is 4. The molecule has 0 bridgehead atoms. The molecule has 2 heterocycles. The van der Waals surface area contributed by atoms with Gasteiger partial charge in [-0.05, 0) is 30.7 Å². The SMILES string of the molecule is OCCCN1CCn2nc(-c3ccc(F)cc3)cc21. The second-order valence-electron chi connectivity index (χ2n) is 4.68. The van der Waals surface area contributed by atoms with Gasteiger partial charge in [0.05, 0.1) is 12.2 Å². The van der Waals surface area contributed by atoms with E-state index in [1.54, 1.807) is 12.1 Å². The third-order valence-corrected chi connectivity index (χ3v) is 3.39. The molecule has 100 valence electrons. The number of aromatic nitrogens is 2. The van der Waals surface area contributed by atoms with Gasteiger partial charge in [0.2, 0.25) is 0 Å². The Bertz CT molecular complexity index is 565. The number of fused-ring (bicyclic) bond motifs is 1. The van der Waals surface area contributed by atoms with E-state index in [9.17, 15) is 4.39 Å². The topological polar surface area (TPSA) is 41.3 Å². The third kappa shape index (κ3) is 2.33. The molecule has 1 aromatic carbocycles. The Morgan fingerprint density at radius 1 is 1.21 bits per heavy atom. The van der Waals surface area contributed by atoms with Crippen LogP contribution in [0.5, 0.6) is 0 Å². The first-order valence-electron chi connectivity index (χ1n) is 6.47. The molecule has 1 aromatic heterocycles. The van der Waals surface area contributed by atoms with E-state index >= 15 is 0 Å². The summed E-state index contributed by atoms with van der Waals surface area (Å²) in [5, 5.41) is 13.4. The molecule has 1 N–H and O–H groups in total. The van der Waals surface area contributed by atoms with Gasteiger partial charge >= 0.3 is 0 Å². The largest absolute Gasteiger partial charge is 0.396 e. The van der Waals surface area contributed by atoms with E-state index in [1.165, 1.54) is 12.1 Å². The minimum Gasteiger partial charge on any atom is -0.396 e. The molecule has 5 heteroatoms. The van der Waals surface area contributed by atoms with Crippen LogP contribution < -0.4 is 4.90 Å². The summed E-state index contributed by atoms with van der Waals surface area (Å²) < 4.78 is 14.9. The molecule has 0 atom stereocenters. The van der Waals surface area contributed by atoms with Crippen molar-refractivity contribution < 1.29 is 9.50 Å². The fraction of sp³-hybridized carbons (Fsp3) is 0.357. The van der Waals surface area contributed by atoms with Crippen molar-refractivity contribution in [3.05, 3.63) is 36.1 Å². The average Bonchev–Trinajstić information content (AvgIpc) is 2.98. The first-order valence-corrected chi connectivity index (χ1v) is 6.47. The number of anilines is 1. The number of halogens is 1. The number of benzene rings is 1. The van der Waals surface area contributed by atoms with Crippen molar-refractivity contribution in [1.29, 1.82) is 0 Å². The van der Waals surface area contributed by atoms with Crippen molar-refractivity contribution in [2.75, 3.05) is 24.6 Å². The van der Waals surface area contributed by atoms with Gasteiger partial charge in [0.25, 0.3) is 0 Å². The van der Waals surface area contributed by atoms with Crippen molar-refractivity contribution in [3.8, 4) is 11.3 Å². The van der Waals surface area contributed by atoms with Crippen molar-refractivity contribution in [2.24, 2.45) is 0 Å². The summed E-state index contributed by atoms with van der Waals surface area (Å²) in [5.41, 5.74) is 1.79. The third-order valence-electron chi connectivity index (χ3n) is 3.39. The van der Waals surface area contributed by atoms with Crippen LogP contribution in [0, 0.1) is 5.82 Å². The molecule has 0 radical (unpaired) electrons. The van der Waals surface area contributed by atoms with Gasteiger partial charge in [0.15, 0.2) is 0 Å². The van der Waals surface area contributed by atoms with E-state index in [1.807, 2.05) is 10.7 Å². The van der Waals surface area contributed by atoms with Gasteiger partial charge in [0.1, 0.15) is 11.6 Å². The van der Waals surface area contributed by atoms with Crippen LogP contribution in [0.25, 0.3) is 11.3 Å². The zero-order valence-corrected chi connectivity index (χ0v) is 10.6. The van der Waals surface area contributed by atoms with Gasteiger partial charge in [-0.3, -0.25) is 0 Å². The van der Waals surface area contributed by atoms with Gasteiger partial charge in [-0.15, -0.1) is 0 Å². The second-order valence-corrected chi connectivity index (χ2v) is 4.68. The second kappa shape index (κ2) is 5.01. The zero-order valence-electron chi connectivity index (χ0n) is 10.6. The molecule has 0 amide bonds. The summed E-state index contributed by atoms with van der Waals surface area (Å²) in [6, 6.07) is 8.40. The molecule has 0 spiro atoms. The molecule has 0 aliphatic carbocycles. The van der Waals surface area contributed by atoms with Crippen molar-refractivity contribution in [1.82, 2.24) is 9.78 Å². The van der Waals surface area contributed by atoms with E-state index in [-0.39, 0.29) is 12.4 Å². The molecule has 2 aromatic rings. The Labute approximate surface area is 111 Å². The molecule has 0 saturated heterocycles. The van der Waals surface area contributed by atoms with Crippen LogP contribution >= 0.6 is 0 Å². The lowest BCUT2D eigenvalue weighted by molar-refractivity contribution is 0.290. The normalized spacial score (nSPS) is 13.9. The molecule has 1 aliphatic heterocycles. The Balaban J connectivity index is 1.85. The van der Waals surface area contributed by atoms with Crippen LogP contribution in [0.15, 0.2) is 30.3 Å². The Morgan fingerprint density at radius 2 is 2.00 bits per heavy atom. The average molecular weight is 261 g/mol. The van der Waals surface area contributed by atoms with Crippen LogP contribution in [-0.2, 0) is 6.54 Å².